The molecule has 4 rings (SSSR count). The minimum atomic E-state index is -4.58. The van der Waals surface area contributed by atoms with E-state index < -0.39 is 11.9 Å². The number of aryl methyl sites for hydroxylation is 2. The summed E-state index contributed by atoms with van der Waals surface area (Å²) >= 11 is 0. The van der Waals surface area contributed by atoms with Gasteiger partial charge in [-0.2, -0.15) is 17.7 Å². The number of pyridine rings is 1. The Morgan fingerprint density at radius 1 is 1.00 bits per heavy atom. The first-order chi connectivity index (χ1) is 14.8. The van der Waals surface area contributed by atoms with Gasteiger partial charge in [-0.3, -0.25) is 0 Å². The summed E-state index contributed by atoms with van der Waals surface area (Å²) in [5.41, 5.74) is 7.72. The van der Waals surface area contributed by atoms with Gasteiger partial charge in [-0.05, 0) is 31.0 Å². The number of unbranched alkanes of at least 4 members (excludes halogenated alkanes) is 1. The van der Waals surface area contributed by atoms with E-state index in [1.807, 2.05) is 30.3 Å². The molecule has 0 fully saturated rings. The summed E-state index contributed by atoms with van der Waals surface area (Å²) in [6.45, 7) is 3.59. The van der Waals surface area contributed by atoms with E-state index in [-0.39, 0.29) is 11.6 Å². The minimum absolute atomic E-state index is 0.120. The van der Waals surface area contributed by atoms with E-state index in [1.54, 1.807) is 6.07 Å². The Balaban J connectivity index is 2.05. The van der Waals surface area contributed by atoms with Crippen molar-refractivity contribution in [2.24, 2.45) is 0 Å². The van der Waals surface area contributed by atoms with E-state index in [9.17, 15) is 13.2 Å². The van der Waals surface area contributed by atoms with Crippen molar-refractivity contribution < 1.29 is 13.2 Å². The molecule has 3 aromatic heterocycles. The number of aromatic nitrogens is 5. The first-order valence-electron chi connectivity index (χ1n) is 9.94. The van der Waals surface area contributed by atoms with Gasteiger partial charge in [0.1, 0.15) is 5.69 Å². The lowest BCUT2D eigenvalue weighted by Gasteiger charge is -2.14. The predicted octanol–water partition coefficient (Wildman–Crippen LogP) is 5.11. The van der Waals surface area contributed by atoms with E-state index in [0.717, 1.165) is 18.9 Å². The second-order valence-corrected chi connectivity index (χ2v) is 7.31. The van der Waals surface area contributed by atoms with Crippen molar-refractivity contribution in [2.45, 2.75) is 39.3 Å². The van der Waals surface area contributed by atoms with E-state index in [4.69, 9.17) is 5.73 Å². The molecule has 1 aromatic carbocycles. The van der Waals surface area contributed by atoms with Crippen molar-refractivity contribution in [1.82, 2.24) is 24.6 Å². The molecule has 9 heteroatoms. The number of alkyl halides is 3. The number of nitrogens with zero attached hydrogens (tertiary/aromatic N) is 5. The quantitative estimate of drug-likeness (QED) is 0.480. The molecular weight excluding hydrogens is 405 g/mol. The SMILES string of the molecule is CCCCc1nc2c(-c3cc(C)nc(C(F)(F)F)c3)c(-c3ccccc3)nc(N)n2n1. The number of hydrogen-bond acceptors (Lipinski definition) is 5. The maximum Gasteiger partial charge on any atom is 0.433 e. The maximum absolute atomic E-state index is 13.5. The van der Waals surface area contributed by atoms with Gasteiger partial charge in [0.05, 0.1) is 11.3 Å². The molecule has 0 bridgehead atoms. The van der Waals surface area contributed by atoms with Crippen LogP contribution >= 0.6 is 0 Å². The number of rotatable bonds is 5. The normalized spacial score (nSPS) is 11.9. The summed E-state index contributed by atoms with van der Waals surface area (Å²) in [5.74, 6) is 0.693. The zero-order valence-corrected chi connectivity index (χ0v) is 17.1. The number of fused-ring (bicyclic) bond motifs is 1. The molecule has 160 valence electrons. The number of hydrogen-bond donors (Lipinski definition) is 1. The van der Waals surface area contributed by atoms with Crippen molar-refractivity contribution in [3.05, 3.63) is 59.7 Å². The molecule has 4 aromatic rings. The Kier molecular flexibility index (Phi) is 5.34. The van der Waals surface area contributed by atoms with Crippen LogP contribution in [0.25, 0.3) is 28.0 Å². The Bertz CT molecular complexity index is 1230. The van der Waals surface area contributed by atoms with Crippen LogP contribution in [0.4, 0.5) is 19.1 Å². The summed E-state index contributed by atoms with van der Waals surface area (Å²) in [7, 11) is 0. The number of nitrogens with two attached hydrogens (primary N) is 1. The third-order valence-electron chi connectivity index (χ3n) is 4.89. The highest BCUT2D eigenvalue weighted by molar-refractivity contribution is 5.90. The summed E-state index contributed by atoms with van der Waals surface area (Å²) < 4.78 is 41.8. The van der Waals surface area contributed by atoms with Gasteiger partial charge < -0.3 is 5.73 Å². The fourth-order valence-corrected chi connectivity index (χ4v) is 3.47. The van der Waals surface area contributed by atoms with Crippen LogP contribution in [-0.4, -0.2) is 24.6 Å². The summed E-state index contributed by atoms with van der Waals surface area (Å²) in [6.07, 6.45) is -2.09. The van der Waals surface area contributed by atoms with Gasteiger partial charge in [-0.15, -0.1) is 5.10 Å². The highest BCUT2D eigenvalue weighted by Crippen LogP contribution is 2.37. The molecule has 0 aliphatic heterocycles. The molecule has 0 saturated heterocycles. The summed E-state index contributed by atoms with van der Waals surface area (Å²) in [4.78, 5) is 12.8. The number of anilines is 1. The molecule has 0 spiro atoms. The Morgan fingerprint density at radius 2 is 1.74 bits per heavy atom. The molecule has 31 heavy (non-hydrogen) atoms. The van der Waals surface area contributed by atoms with Crippen LogP contribution in [-0.2, 0) is 12.6 Å². The lowest BCUT2D eigenvalue weighted by Crippen LogP contribution is -2.10. The van der Waals surface area contributed by atoms with Crippen molar-refractivity contribution >= 4 is 11.6 Å². The van der Waals surface area contributed by atoms with E-state index >= 15 is 0 Å². The fourth-order valence-electron chi connectivity index (χ4n) is 3.47. The van der Waals surface area contributed by atoms with Crippen LogP contribution in [0, 0.1) is 6.92 Å². The summed E-state index contributed by atoms with van der Waals surface area (Å²) in [5, 5.41) is 4.44. The van der Waals surface area contributed by atoms with Gasteiger partial charge in [0.25, 0.3) is 0 Å². The molecule has 0 radical (unpaired) electrons. The molecule has 0 saturated carbocycles. The number of halogens is 3. The molecule has 0 aliphatic rings. The highest BCUT2D eigenvalue weighted by Gasteiger charge is 2.33. The average Bonchev–Trinajstić information content (AvgIpc) is 3.16. The van der Waals surface area contributed by atoms with Crippen molar-refractivity contribution in [3.63, 3.8) is 0 Å². The van der Waals surface area contributed by atoms with Gasteiger partial charge in [-0.1, -0.05) is 43.7 Å². The molecular formula is C22H21F3N6. The van der Waals surface area contributed by atoms with Gasteiger partial charge in [0.2, 0.25) is 5.95 Å². The van der Waals surface area contributed by atoms with Crippen molar-refractivity contribution in [2.75, 3.05) is 5.73 Å². The first-order valence-corrected chi connectivity index (χ1v) is 9.94. The third-order valence-corrected chi connectivity index (χ3v) is 4.89. The Hall–Kier alpha value is -3.49. The first kappa shape index (κ1) is 20.8. The van der Waals surface area contributed by atoms with Crippen LogP contribution in [0.2, 0.25) is 0 Å². The predicted molar refractivity (Wildman–Crippen MR) is 112 cm³/mol. The van der Waals surface area contributed by atoms with Crippen LogP contribution in [0.3, 0.4) is 0 Å². The van der Waals surface area contributed by atoms with E-state index in [0.29, 0.717) is 40.3 Å². The topological polar surface area (TPSA) is 82.0 Å². The smallest absolute Gasteiger partial charge is 0.368 e. The standard InChI is InChI=1S/C22H21F3N6/c1-3-4-10-17-28-20-18(15-11-13(2)27-16(12-15)22(23,24)25)19(14-8-6-5-7-9-14)29-21(26)31(20)30-17/h5-9,11-12H,3-4,10H2,1-2H3,(H2,26,29). The molecule has 0 aliphatic carbocycles. The van der Waals surface area contributed by atoms with Gasteiger partial charge in [0, 0.05) is 17.7 Å². The lowest BCUT2D eigenvalue weighted by molar-refractivity contribution is -0.141. The van der Waals surface area contributed by atoms with Crippen LogP contribution < -0.4 is 5.73 Å². The summed E-state index contributed by atoms with van der Waals surface area (Å²) in [6, 6.07) is 11.8. The molecule has 0 unspecified atom stereocenters. The van der Waals surface area contributed by atoms with Crippen LogP contribution in [0.15, 0.2) is 42.5 Å². The van der Waals surface area contributed by atoms with Crippen molar-refractivity contribution in [3.8, 4) is 22.4 Å². The zero-order chi connectivity index (χ0) is 22.2. The van der Waals surface area contributed by atoms with Crippen LogP contribution in [0.5, 0.6) is 0 Å². The molecule has 0 atom stereocenters. The Labute approximate surface area is 177 Å². The van der Waals surface area contributed by atoms with Gasteiger partial charge >= 0.3 is 6.18 Å². The maximum atomic E-state index is 13.5. The molecule has 2 N–H and O–H groups in total. The lowest BCUT2D eigenvalue weighted by atomic mass is 9.99. The van der Waals surface area contributed by atoms with Crippen LogP contribution in [0.1, 0.15) is 37.0 Å². The molecule has 3 heterocycles. The van der Waals surface area contributed by atoms with E-state index in [1.165, 1.54) is 11.4 Å². The molecule has 0 amide bonds. The highest BCUT2D eigenvalue weighted by atomic mass is 19.4. The van der Waals surface area contributed by atoms with Gasteiger partial charge in [-0.25, -0.2) is 15.0 Å². The zero-order valence-electron chi connectivity index (χ0n) is 17.1. The van der Waals surface area contributed by atoms with Crippen molar-refractivity contribution in [1.29, 1.82) is 0 Å². The molecule has 6 nitrogen and oxygen atoms in total. The van der Waals surface area contributed by atoms with E-state index in [2.05, 4.69) is 27.0 Å². The Morgan fingerprint density at radius 3 is 2.42 bits per heavy atom. The second-order valence-electron chi connectivity index (χ2n) is 7.31. The third kappa shape index (κ3) is 4.08. The number of nitrogen functional groups attached to an aromatic ring is 1. The minimum Gasteiger partial charge on any atom is -0.368 e. The fraction of sp³-hybridized carbons (Fsp3) is 0.273. The largest absolute Gasteiger partial charge is 0.433 e. The van der Waals surface area contributed by atoms with Gasteiger partial charge in [0.15, 0.2) is 11.5 Å². The number of benzene rings is 1. The monoisotopic (exact) mass is 426 g/mol. The second kappa shape index (κ2) is 7.98. The average molecular weight is 426 g/mol.